The maximum atomic E-state index is 12.6. The molecule has 0 spiro atoms. The Bertz CT molecular complexity index is 837. The SMILES string of the molecule is CNC(=O)c1ccccc1NC(=S)NC(=O)c1ccccc1OCC(C)C. The molecule has 2 rings (SSSR count). The molecule has 7 heteroatoms. The van der Waals surface area contributed by atoms with Crippen LogP contribution in [0.5, 0.6) is 5.75 Å². The lowest BCUT2D eigenvalue weighted by Gasteiger charge is -2.15. The lowest BCUT2D eigenvalue weighted by Crippen LogP contribution is -2.35. The number of rotatable bonds is 6. The van der Waals surface area contributed by atoms with Crippen LogP contribution < -0.4 is 20.7 Å². The predicted molar refractivity (Wildman–Crippen MR) is 110 cm³/mol. The molecule has 0 fully saturated rings. The summed E-state index contributed by atoms with van der Waals surface area (Å²) in [5.74, 6) is 0.200. The zero-order chi connectivity index (χ0) is 19.8. The van der Waals surface area contributed by atoms with Gasteiger partial charge < -0.3 is 15.4 Å². The van der Waals surface area contributed by atoms with E-state index in [0.29, 0.717) is 35.1 Å². The summed E-state index contributed by atoms with van der Waals surface area (Å²) in [4.78, 5) is 24.5. The molecule has 2 aromatic rings. The summed E-state index contributed by atoms with van der Waals surface area (Å²) in [6, 6.07) is 13.9. The third-order valence-corrected chi connectivity index (χ3v) is 3.78. The molecule has 142 valence electrons. The Labute approximate surface area is 164 Å². The highest BCUT2D eigenvalue weighted by Gasteiger charge is 2.15. The number of carbonyl (C=O) groups excluding carboxylic acids is 2. The Balaban J connectivity index is 2.09. The molecule has 0 radical (unpaired) electrons. The van der Waals surface area contributed by atoms with Crippen molar-refractivity contribution in [2.24, 2.45) is 5.92 Å². The maximum Gasteiger partial charge on any atom is 0.261 e. The van der Waals surface area contributed by atoms with Gasteiger partial charge in [0.1, 0.15) is 5.75 Å². The fourth-order valence-electron chi connectivity index (χ4n) is 2.29. The van der Waals surface area contributed by atoms with Crippen LogP contribution in [0, 0.1) is 5.92 Å². The average molecular weight is 385 g/mol. The Morgan fingerprint density at radius 2 is 1.63 bits per heavy atom. The van der Waals surface area contributed by atoms with E-state index in [1.807, 2.05) is 19.9 Å². The lowest BCUT2D eigenvalue weighted by molar-refractivity contribution is 0.0959. The molecule has 0 heterocycles. The van der Waals surface area contributed by atoms with Gasteiger partial charge in [-0.05, 0) is 42.4 Å². The number of carbonyl (C=O) groups is 2. The zero-order valence-electron chi connectivity index (χ0n) is 15.5. The molecule has 0 aliphatic rings. The molecule has 0 bridgehead atoms. The van der Waals surface area contributed by atoms with E-state index >= 15 is 0 Å². The minimum absolute atomic E-state index is 0.0926. The van der Waals surface area contributed by atoms with Crippen LogP contribution in [0.4, 0.5) is 5.69 Å². The summed E-state index contributed by atoms with van der Waals surface area (Å²) in [6.07, 6.45) is 0. The van der Waals surface area contributed by atoms with Crippen LogP contribution in [0.25, 0.3) is 0 Å². The summed E-state index contributed by atoms with van der Waals surface area (Å²) < 4.78 is 5.71. The zero-order valence-corrected chi connectivity index (χ0v) is 16.4. The summed E-state index contributed by atoms with van der Waals surface area (Å²) >= 11 is 5.23. The van der Waals surface area contributed by atoms with E-state index in [1.165, 1.54) is 0 Å². The number of nitrogens with one attached hydrogen (secondary N) is 3. The Morgan fingerprint density at radius 3 is 2.30 bits per heavy atom. The topological polar surface area (TPSA) is 79.5 Å². The number of hydrogen-bond acceptors (Lipinski definition) is 4. The first kappa shape index (κ1) is 20.4. The summed E-state index contributed by atoms with van der Waals surface area (Å²) in [5, 5.41) is 8.18. The van der Waals surface area contributed by atoms with Gasteiger partial charge in [-0.25, -0.2) is 0 Å². The minimum Gasteiger partial charge on any atom is -0.492 e. The number of anilines is 1. The van der Waals surface area contributed by atoms with Gasteiger partial charge in [-0.1, -0.05) is 38.1 Å². The number of thiocarbonyl (C=S) groups is 1. The maximum absolute atomic E-state index is 12.6. The molecule has 0 unspecified atom stereocenters. The molecule has 3 N–H and O–H groups in total. The van der Waals surface area contributed by atoms with Gasteiger partial charge in [0.05, 0.1) is 23.4 Å². The number of amides is 2. The normalized spacial score (nSPS) is 10.2. The Hall–Kier alpha value is -2.93. The third-order valence-electron chi connectivity index (χ3n) is 3.58. The molecule has 6 nitrogen and oxygen atoms in total. The number of hydrogen-bond donors (Lipinski definition) is 3. The first-order valence-corrected chi connectivity index (χ1v) is 8.98. The quantitative estimate of drug-likeness (QED) is 0.666. The largest absolute Gasteiger partial charge is 0.492 e. The van der Waals surface area contributed by atoms with Crippen molar-refractivity contribution in [2.45, 2.75) is 13.8 Å². The molecule has 0 saturated carbocycles. The third kappa shape index (κ3) is 5.79. The van der Waals surface area contributed by atoms with Crippen LogP contribution in [0.1, 0.15) is 34.6 Å². The second kappa shape index (κ2) is 9.68. The van der Waals surface area contributed by atoms with Gasteiger partial charge in [0, 0.05) is 7.05 Å². The van der Waals surface area contributed by atoms with Gasteiger partial charge in [-0.3, -0.25) is 14.9 Å². The average Bonchev–Trinajstić information content (AvgIpc) is 2.66. The van der Waals surface area contributed by atoms with Crippen molar-refractivity contribution in [3.63, 3.8) is 0 Å². The van der Waals surface area contributed by atoms with E-state index in [1.54, 1.807) is 49.5 Å². The van der Waals surface area contributed by atoms with Gasteiger partial charge in [0.2, 0.25) is 0 Å². The van der Waals surface area contributed by atoms with Crippen molar-refractivity contribution in [1.82, 2.24) is 10.6 Å². The highest BCUT2D eigenvalue weighted by atomic mass is 32.1. The first-order valence-electron chi connectivity index (χ1n) is 8.57. The van der Waals surface area contributed by atoms with Crippen LogP contribution in [-0.4, -0.2) is 30.6 Å². The lowest BCUT2D eigenvalue weighted by atomic mass is 10.1. The van der Waals surface area contributed by atoms with E-state index in [2.05, 4.69) is 16.0 Å². The molecule has 0 aromatic heterocycles. The molecule has 0 aliphatic heterocycles. The van der Waals surface area contributed by atoms with E-state index in [9.17, 15) is 9.59 Å². The summed E-state index contributed by atoms with van der Waals surface area (Å²) in [6.45, 7) is 4.57. The van der Waals surface area contributed by atoms with Gasteiger partial charge in [0.25, 0.3) is 11.8 Å². The Kier molecular flexibility index (Phi) is 7.31. The van der Waals surface area contributed by atoms with Crippen LogP contribution in [0.2, 0.25) is 0 Å². The van der Waals surface area contributed by atoms with Crippen molar-refractivity contribution >= 4 is 34.8 Å². The molecule has 0 saturated heterocycles. The van der Waals surface area contributed by atoms with Crippen molar-refractivity contribution < 1.29 is 14.3 Å². The summed E-state index contributed by atoms with van der Waals surface area (Å²) in [5.41, 5.74) is 1.32. The van der Waals surface area contributed by atoms with Gasteiger partial charge in [-0.15, -0.1) is 0 Å². The predicted octanol–water partition coefficient (Wildman–Crippen LogP) is 3.21. The fraction of sp³-hybridized carbons (Fsp3) is 0.250. The van der Waals surface area contributed by atoms with Crippen LogP contribution in [0.15, 0.2) is 48.5 Å². The van der Waals surface area contributed by atoms with Gasteiger partial charge in [-0.2, -0.15) is 0 Å². The van der Waals surface area contributed by atoms with Gasteiger partial charge in [0.15, 0.2) is 5.11 Å². The monoisotopic (exact) mass is 385 g/mol. The Morgan fingerprint density at radius 1 is 1.00 bits per heavy atom. The smallest absolute Gasteiger partial charge is 0.261 e. The van der Waals surface area contributed by atoms with Crippen molar-refractivity contribution in [1.29, 1.82) is 0 Å². The molecule has 2 aromatic carbocycles. The second-order valence-corrected chi connectivity index (χ2v) is 6.64. The van der Waals surface area contributed by atoms with Crippen molar-refractivity contribution in [3.05, 3.63) is 59.7 Å². The second-order valence-electron chi connectivity index (χ2n) is 6.23. The van der Waals surface area contributed by atoms with Crippen LogP contribution >= 0.6 is 12.2 Å². The number of benzene rings is 2. The minimum atomic E-state index is -0.385. The van der Waals surface area contributed by atoms with E-state index < -0.39 is 0 Å². The van der Waals surface area contributed by atoms with Crippen molar-refractivity contribution in [3.8, 4) is 5.75 Å². The van der Waals surface area contributed by atoms with E-state index in [-0.39, 0.29) is 16.9 Å². The molecule has 2 amide bonds. The highest BCUT2D eigenvalue weighted by molar-refractivity contribution is 7.80. The molecular formula is C20H23N3O3S. The van der Waals surface area contributed by atoms with E-state index in [0.717, 1.165) is 0 Å². The highest BCUT2D eigenvalue weighted by Crippen LogP contribution is 2.19. The number of para-hydroxylation sites is 2. The first-order chi connectivity index (χ1) is 12.9. The molecule has 27 heavy (non-hydrogen) atoms. The van der Waals surface area contributed by atoms with Crippen molar-refractivity contribution in [2.75, 3.05) is 19.0 Å². The van der Waals surface area contributed by atoms with Crippen LogP contribution in [-0.2, 0) is 0 Å². The fourth-order valence-corrected chi connectivity index (χ4v) is 2.49. The molecule has 0 aliphatic carbocycles. The molecular weight excluding hydrogens is 362 g/mol. The molecule has 0 atom stereocenters. The summed E-state index contributed by atoms with van der Waals surface area (Å²) in [7, 11) is 1.55. The van der Waals surface area contributed by atoms with Gasteiger partial charge >= 0.3 is 0 Å². The number of ether oxygens (including phenoxy) is 1. The van der Waals surface area contributed by atoms with Crippen LogP contribution in [0.3, 0.4) is 0 Å². The van der Waals surface area contributed by atoms with E-state index in [4.69, 9.17) is 17.0 Å². The standard InChI is InChI=1S/C20H23N3O3S/c1-13(2)12-26-17-11-7-5-9-15(17)19(25)23-20(27)22-16-10-6-4-8-14(16)18(24)21-3/h4-11,13H,12H2,1-3H3,(H,21,24)(H2,22,23,25,27).